The first kappa shape index (κ1) is 30.8. The molecule has 1 aliphatic rings. The van der Waals surface area contributed by atoms with Crippen molar-refractivity contribution in [2.75, 3.05) is 31.1 Å². The van der Waals surface area contributed by atoms with E-state index in [2.05, 4.69) is 20.3 Å². The van der Waals surface area contributed by atoms with Gasteiger partial charge in [-0.3, -0.25) is 9.59 Å². The van der Waals surface area contributed by atoms with Crippen molar-refractivity contribution in [1.29, 1.82) is 0 Å². The van der Waals surface area contributed by atoms with Crippen molar-refractivity contribution in [3.63, 3.8) is 0 Å². The lowest BCUT2D eigenvalue weighted by Gasteiger charge is -2.36. The SMILES string of the molecule is Cc1cc(C)c(CNC(=O)c2cc(-c3ccc(N4CCN(C(=O)OC(C)(C)C)CC4)cc3)nc3c2cnn3C(C)C)c(=O)[nH]1. The molecule has 11 nitrogen and oxygen atoms in total. The number of ether oxygens (including phenoxy) is 1. The molecule has 2 N–H and O–H groups in total. The van der Waals surface area contributed by atoms with Gasteiger partial charge in [0.15, 0.2) is 5.65 Å². The van der Waals surface area contributed by atoms with Gasteiger partial charge in [0.25, 0.3) is 11.5 Å². The van der Waals surface area contributed by atoms with E-state index in [1.807, 2.05) is 83.5 Å². The summed E-state index contributed by atoms with van der Waals surface area (Å²) in [7, 11) is 0. The first-order chi connectivity index (χ1) is 20.8. The van der Waals surface area contributed by atoms with E-state index >= 15 is 0 Å². The Hall–Kier alpha value is -4.67. The molecule has 1 fully saturated rings. The molecule has 4 heterocycles. The number of carbonyl (C=O) groups is 2. The fraction of sp³-hybridized carbons (Fsp3) is 0.424. The van der Waals surface area contributed by atoms with Gasteiger partial charge in [-0.2, -0.15) is 5.10 Å². The average Bonchev–Trinajstić information content (AvgIpc) is 3.40. The second-order valence-corrected chi connectivity index (χ2v) is 12.6. The Kier molecular flexibility index (Phi) is 8.49. The smallest absolute Gasteiger partial charge is 0.410 e. The number of carbonyl (C=O) groups excluding carboxylic acids is 2. The van der Waals surface area contributed by atoms with E-state index in [-0.39, 0.29) is 30.1 Å². The highest BCUT2D eigenvalue weighted by Gasteiger charge is 2.26. The zero-order valence-corrected chi connectivity index (χ0v) is 26.5. The largest absolute Gasteiger partial charge is 0.444 e. The number of rotatable bonds is 6. The topological polar surface area (TPSA) is 125 Å². The molecule has 0 bridgehead atoms. The number of benzene rings is 1. The van der Waals surface area contributed by atoms with Gasteiger partial charge in [-0.15, -0.1) is 0 Å². The lowest BCUT2D eigenvalue weighted by atomic mass is 10.0. The molecule has 0 spiro atoms. The van der Waals surface area contributed by atoms with Crippen molar-refractivity contribution in [1.82, 2.24) is 30.0 Å². The molecule has 4 aromatic rings. The Morgan fingerprint density at radius 2 is 1.73 bits per heavy atom. The predicted octanol–water partition coefficient (Wildman–Crippen LogP) is 4.97. The van der Waals surface area contributed by atoms with Crippen LogP contribution in [-0.2, 0) is 11.3 Å². The molecule has 232 valence electrons. The van der Waals surface area contributed by atoms with Crippen molar-refractivity contribution in [2.24, 2.45) is 0 Å². The lowest BCUT2D eigenvalue weighted by molar-refractivity contribution is 0.0240. The van der Waals surface area contributed by atoms with Crippen LogP contribution >= 0.6 is 0 Å². The number of nitrogens with one attached hydrogen (secondary N) is 2. The summed E-state index contributed by atoms with van der Waals surface area (Å²) in [4.78, 5) is 50.3. The van der Waals surface area contributed by atoms with Crippen LogP contribution in [0.1, 0.15) is 67.8 Å². The van der Waals surface area contributed by atoms with Crippen LogP contribution in [0.5, 0.6) is 0 Å². The van der Waals surface area contributed by atoms with E-state index in [1.165, 1.54) is 0 Å². The Morgan fingerprint density at radius 1 is 1.05 bits per heavy atom. The van der Waals surface area contributed by atoms with Gasteiger partial charge in [0.05, 0.1) is 22.8 Å². The molecule has 1 aromatic carbocycles. The predicted molar refractivity (Wildman–Crippen MR) is 171 cm³/mol. The number of H-pyrrole nitrogens is 1. The van der Waals surface area contributed by atoms with Crippen LogP contribution < -0.4 is 15.8 Å². The van der Waals surface area contributed by atoms with Gasteiger partial charge in [-0.25, -0.2) is 14.5 Å². The lowest BCUT2D eigenvalue weighted by Crippen LogP contribution is -2.50. The summed E-state index contributed by atoms with van der Waals surface area (Å²) < 4.78 is 7.33. The van der Waals surface area contributed by atoms with Gasteiger partial charge >= 0.3 is 6.09 Å². The summed E-state index contributed by atoms with van der Waals surface area (Å²) in [5.74, 6) is -0.305. The summed E-state index contributed by atoms with van der Waals surface area (Å²) in [5.41, 5.74) is 5.02. The molecular formula is C33H41N7O4. The second kappa shape index (κ2) is 12.1. The van der Waals surface area contributed by atoms with E-state index in [9.17, 15) is 14.4 Å². The fourth-order valence-corrected chi connectivity index (χ4v) is 5.41. The minimum absolute atomic E-state index is 0.0432. The molecule has 1 aliphatic heterocycles. The average molecular weight is 600 g/mol. The third-order valence-corrected chi connectivity index (χ3v) is 7.68. The van der Waals surface area contributed by atoms with Gasteiger partial charge in [0.2, 0.25) is 0 Å². The number of fused-ring (bicyclic) bond motifs is 1. The van der Waals surface area contributed by atoms with Crippen LogP contribution in [0.25, 0.3) is 22.3 Å². The molecular weight excluding hydrogens is 558 g/mol. The number of aromatic nitrogens is 4. The van der Waals surface area contributed by atoms with Gasteiger partial charge in [-0.05, 0) is 78.3 Å². The van der Waals surface area contributed by atoms with E-state index in [1.54, 1.807) is 17.2 Å². The highest BCUT2D eigenvalue weighted by Crippen LogP contribution is 2.28. The maximum atomic E-state index is 13.6. The van der Waals surface area contributed by atoms with Gasteiger partial charge in [0, 0.05) is 61.3 Å². The zero-order valence-electron chi connectivity index (χ0n) is 26.5. The van der Waals surface area contributed by atoms with E-state index < -0.39 is 5.60 Å². The number of aryl methyl sites for hydroxylation is 2. The minimum atomic E-state index is -0.520. The number of amides is 2. The number of hydrogen-bond acceptors (Lipinski definition) is 7. The van der Waals surface area contributed by atoms with Crippen molar-refractivity contribution in [2.45, 2.75) is 66.7 Å². The second-order valence-electron chi connectivity index (χ2n) is 12.6. The quantitative estimate of drug-likeness (QED) is 0.321. The van der Waals surface area contributed by atoms with Gasteiger partial charge in [0.1, 0.15) is 5.60 Å². The van der Waals surface area contributed by atoms with Crippen molar-refractivity contribution >= 4 is 28.7 Å². The minimum Gasteiger partial charge on any atom is -0.444 e. The third kappa shape index (κ3) is 6.61. The molecule has 44 heavy (non-hydrogen) atoms. The Labute approximate surface area is 257 Å². The molecule has 0 atom stereocenters. The normalized spacial score (nSPS) is 13.9. The maximum Gasteiger partial charge on any atom is 0.410 e. The van der Waals surface area contributed by atoms with Crippen molar-refractivity contribution in [3.8, 4) is 11.3 Å². The van der Waals surface area contributed by atoms with Gasteiger partial charge in [-0.1, -0.05) is 12.1 Å². The molecule has 3 aromatic heterocycles. The zero-order chi connectivity index (χ0) is 31.8. The highest BCUT2D eigenvalue weighted by molar-refractivity contribution is 6.06. The monoisotopic (exact) mass is 599 g/mol. The third-order valence-electron chi connectivity index (χ3n) is 7.68. The number of piperazine rings is 1. The molecule has 5 rings (SSSR count). The first-order valence-electron chi connectivity index (χ1n) is 15.0. The van der Waals surface area contributed by atoms with Crippen LogP contribution in [0.15, 0.2) is 47.4 Å². The summed E-state index contributed by atoms with van der Waals surface area (Å²) >= 11 is 0. The van der Waals surface area contributed by atoms with E-state index in [4.69, 9.17) is 9.72 Å². The summed E-state index contributed by atoms with van der Waals surface area (Å²) in [6.07, 6.45) is 1.39. The molecule has 1 saturated heterocycles. The molecule has 0 radical (unpaired) electrons. The van der Waals surface area contributed by atoms with Crippen LogP contribution in [0.3, 0.4) is 0 Å². The molecule has 0 unspecified atom stereocenters. The van der Waals surface area contributed by atoms with Gasteiger partial charge < -0.3 is 24.8 Å². The molecule has 2 amide bonds. The number of hydrogen-bond donors (Lipinski definition) is 2. The van der Waals surface area contributed by atoms with Crippen LogP contribution in [0.2, 0.25) is 0 Å². The maximum absolute atomic E-state index is 13.6. The number of pyridine rings is 2. The first-order valence-corrected chi connectivity index (χ1v) is 15.0. The van der Waals surface area contributed by atoms with E-state index in [0.29, 0.717) is 54.0 Å². The van der Waals surface area contributed by atoms with Crippen molar-refractivity contribution in [3.05, 3.63) is 75.3 Å². The number of nitrogens with zero attached hydrogens (tertiary/aromatic N) is 5. The van der Waals surface area contributed by atoms with Crippen LogP contribution in [0.4, 0.5) is 10.5 Å². The number of anilines is 1. The van der Waals surface area contributed by atoms with E-state index in [0.717, 1.165) is 22.5 Å². The summed E-state index contributed by atoms with van der Waals surface area (Å²) in [6.45, 7) is 16.0. The van der Waals surface area contributed by atoms with Crippen LogP contribution in [0, 0.1) is 13.8 Å². The Bertz CT molecular complexity index is 1740. The fourth-order valence-electron chi connectivity index (χ4n) is 5.41. The van der Waals surface area contributed by atoms with Crippen molar-refractivity contribution < 1.29 is 14.3 Å². The Balaban J connectivity index is 1.37. The molecule has 0 saturated carbocycles. The molecule has 11 heteroatoms. The molecule has 0 aliphatic carbocycles. The summed E-state index contributed by atoms with van der Waals surface area (Å²) in [5, 5.41) is 8.10. The number of aromatic amines is 1. The standard InChI is InChI=1S/C33H41N7O4/c1-20(2)40-29-27(19-35-40)25(30(41)34-18-26-21(3)16-22(4)36-31(26)42)17-28(37-29)23-8-10-24(11-9-23)38-12-14-39(15-13-38)32(43)44-33(5,6)7/h8-11,16-17,19-20H,12-15,18H2,1-7H3,(H,34,41)(H,36,42). The van der Waals surface area contributed by atoms with Crippen LogP contribution in [-0.4, -0.2) is 68.4 Å². The Morgan fingerprint density at radius 3 is 2.34 bits per heavy atom. The summed E-state index contributed by atoms with van der Waals surface area (Å²) in [6, 6.07) is 11.8. The highest BCUT2D eigenvalue weighted by atomic mass is 16.6.